The number of ether oxygens (including phenoxy) is 3. The molecule has 0 saturated carbocycles. The van der Waals surface area contributed by atoms with Gasteiger partial charge in [0.15, 0.2) is 6.29 Å². The van der Waals surface area contributed by atoms with E-state index in [2.05, 4.69) is 4.74 Å². The third kappa shape index (κ3) is 4.85. The summed E-state index contributed by atoms with van der Waals surface area (Å²) in [5.41, 5.74) is 1.20. The number of carbonyl (C=O) groups excluding carboxylic acids is 1. The van der Waals surface area contributed by atoms with Gasteiger partial charge < -0.3 is 14.2 Å². The van der Waals surface area contributed by atoms with Gasteiger partial charge in [0.2, 0.25) is 0 Å². The monoisotopic (exact) mass is 278 g/mol. The predicted octanol–water partition coefficient (Wildman–Crippen LogP) is 3.09. The second-order valence-electron chi connectivity index (χ2n) is 4.99. The molecule has 4 heteroatoms. The molecule has 1 aliphatic heterocycles. The number of methoxy groups -OCH3 is 1. The van der Waals surface area contributed by atoms with Crippen molar-refractivity contribution >= 4 is 5.97 Å². The second kappa shape index (κ2) is 7.90. The lowest BCUT2D eigenvalue weighted by Crippen LogP contribution is -2.24. The van der Waals surface area contributed by atoms with E-state index in [1.54, 1.807) is 0 Å². The largest absolute Gasteiger partial charge is 0.469 e. The standard InChI is InChI=1S/C16H22O4/c1-18-15(17)6-4-5-13-8-10-14(11-9-13)20-16-7-2-3-12-19-16/h8-11,16H,2-7,12H2,1H3. The van der Waals surface area contributed by atoms with Crippen molar-refractivity contribution in [2.45, 2.75) is 44.8 Å². The van der Waals surface area contributed by atoms with E-state index in [4.69, 9.17) is 9.47 Å². The molecule has 0 radical (unpaired) electrons. The topological polar surface area (TPSA) is 44.8 Å². The first-order valence-electron chi connectivity index (χ1n) is 7.22. The van der Waals surface area contributed by atoms with E-state index < -0.39 is 0 Å². The Morgan fingerprint density at radius 1 is 1.30 bits per heavy atom. The SMILES string of the molecule is COC(=O)CCCc1ccc(OC2CCCCO2)cc1. The Hall–Kier alpha value is -1.55. The maximum absolute atomic E-state index is 11.0. The van der Waals surface area contributed by atoms with Gasteiger partial charge in [-0.3, -0.25) is 4.79 Å². The van der Waals surface area contributed by atoms with Crippen LogP contribution in [0.5, 0.6) is 5.75 Å². The van der Waals surface area contributed by atoms with E-state index in [0.29, 0.717) is 6.42 Å². The van der Waals surface area contributed by atoms with Crippen LogP contribution in [-0.4, -0.2) is 26.0 Å². The van der Waals surface area contributed by atoms with E-state index in [-0.39, 0.29) is 12.3 Å². The highest BCUT2D eigenvalue weighted by Gasteiger charge is 2.14. The van der Waals surface area contributed by atoms with Crippen molar-refractivity contribution in [3.05, 3.63) is 29.8 Å². The van der Waals surface area contributed by atoms with Crippen molar-refractivity contribution in [2.75, 3.05) is 13.7 Å². The van der Waals surface area contributed by atoms with Gasteiger partial charge >= 0.3 is 5.97 Å². The number of hydrogen-bond donors (Lipinski definition) is 0. The Balaban J connectivity index is 1.75. The fraction of sp³-hybridized carbons (Fsp3) is 0.562. The molecule has 0 aliphatic carbocycles. The van der Waals surface area contributed by atoms with Crippen LogP contribution in [0.15, 0.2) is 24.3 Å². The Morgan fingerprint density at radius 2 is 2.10 bits per heavy atom. The summed E-state index contributed by atoms with van der Waals surface area (Å²) in [5, 5.41) is 0. The Kier molecular flexibility index (Phi) is 5.87. The molecule has 1 aliphatic rings. The first-order chi connectivity index (χ1) is 9.78. The molecule has 1 unspecified atom stereocenters. The normalized spacial score (nSPS) is 18.6. The molecule has 1 aromatic rings. The van der Waals surface area contributed by atoms with Crippen LogP contribution in [0.3, 0.4) is 0 Å². The highest BCUT2D eigenvalue weighted by Crippen LogP contribution is 2.20. The molecule has 1 saturated heterocycles. The van der Waals surface area contributed by atoms with Crippen LogP contribution in [0.4, 0.5) is 0 Å². The van der Waals surface area contributed by atoms with E-state index in [0.717, 1.165) is 44.5 Å². The minimum atomic E-state index is -0.153. The molecule has 1 atom stereocenters. The zero-order valence-electron chi connectivity index (χ0n) is 12.0. The van der Waals surface area contributed by atoms with Crippen LogP contribution >= 0.6 is 0 Å². The summed E-state index contributed by atoms with van der Waals surface area (Å²) >= 11 is 0. The molecule has 20 heavy (non-hydrogen) atoms. The Labute approximate surface area is 120 Å². The number of aryl methyl sites for hydroxylation is 1. The number of benzene rings is 1. The quantitative estimate of drug-likeness (QED) is 0.750. The maximum atomic E-state index is 11.0. The molecule has 4 nitrogen and oxygen atoms in total. The smallest absolute Gasteiger partial charge is 0.305 e. The van der Waals surface area contributed by atoms with Gasteiger partial charge in [0.1, 0.15) is 5.75 Å². The average Bonchev–Trinajstić information content (AvgIpc) is 2.50. The fourth-order valence-corrected chi connectivity index (χ4v) is 2.23. The van der Waals surface area contributed by atoms with Gasteiger partial charge in [-0.15, -0.1) is 0 Å². The first kappa shape index (κ1) is 14.9. The summed E-state index contributed by atoms with van der Waals surface area (Å²) in [7, 11) is 1.42. The summed E-state index contributed by atoms with van der Waals surface area (Å²) in [6.07, 6.45) is 5.28. The molecule has 110 valence electrons. The Morgan fingerprint density at radius 3 is 2.75 bits per heavy atom. The minimum Gasteiger partial charge on any atom is -0.469 e. The maximum Gasteiger partial charge on any atom is 0.305 e. The van der Waals surface area contributed by atoms with Crippen LogP contribution in [0.1, 0.15) is 37.7 Å². The molecular formula is C16H22O4. The lowest BCUT2D eigenvalue weighted by atomic mass is 10.1. The Bertz CT molecular complexity index is 407. The fourth-order valence-electron chi connectivity index (χ4n) is 2.23. The zero-order chi connectivity index (χ0) is 14.2. The van der Waals surface area contributed by atoms with Crippen molar-refractivity contribution in [3.63, 3.8) is 0 Å². The number of esters is 1. The van der Waals surface area contributed by atoms with Crippen LogP contribution in [0.2, 0.25) is 0 Å². The summed E-state index contributed by atoms with van der Waals surface area (Å²) in [6, 6.07) is 8.00. The molecule has 0 bridgehead atoms. The number of rotatable bonds is 6. The second-order valence-corrected chi connectivity index (χ2v) is 4.99. The summed E-state index contributed by atoms with van der Waals surface area (Å²) < 4.78 is 15.9. The van der Waals surface area contributed by atoms with E-state index in [1.165, 1.54) is 12.7 Å². The van der Waals surface area contributed by atoms with Crippen LogP contribution < -0.4 is 4.74 Å². The molecule has 0 spiro atoms. The molecule has 1 heterocycles. The third-order valence-electron chi connectivity index (χ3n) is 3.40. The zero-order valence-corrected chi connectivity index (χ0v) is 12.0. The molecule has 0 amide bonds. The van der Waals surface area contributed by atoms with Crippen LogP contribution in [0, 0.1) is 0 Å². The summed E-state index contributed by atoms with van der Waals surface area (Å²) in [5.74, 6) is 0.688. The van der Waals surface area contributed by atoms with Gasteiger partial charge in [-0.05, 0) is 43.4 Å². The van der Waals surface area contributed by atoms with Gasteiger partial charge in [0.25, 0.3) is 0 Å². The summed E-state index contributed by atoms with van der Waals surface area (Å²) in [6.45, 7) is 0.788. The van der Waals surface area contributed by atoms with Crippen LogP contribution in [-0.2, 0) is 20.7 Å². The lowest BCUT2D eigenvalue weighted by molar-refractivity contribution is -0.140. The average molecular weight is 278 g/mol. The molecular weight excluding hydrogens is 256 g/mol. The minimum absolute atomic E-state index is 0.103. The highest BCUT2D eigenvalue weighted by molar-refractivity contribution is 5.69. The van der Waals surface area contributed by atoms with Gasteiger partial charge in [-0.25, -0.2) is 0 Å². The number of carbonyl (C=O) groups is 1. The summed E-state index contributed by atoms with van der Waals surface area (Å²) in [4.78, 5) is 11.0. The number of hydrogen-bond acceptors (Lipinski definition) is 4. The first-order valence-corrected chi connectivity index (χ1v) is 7.22. The van der Waals surface area contributed by atoms with Crippen molar-refractivity contribution in [2.24, 2.45) is 0 Å². The van der Waals surface area contributed by atoms with Crippen LogP contribution in [0.25, 0.3) is 0 Å². The van der Waals surface area contributed by atoms with E-state index in [1.807, 2.05) is 24.3 Å². The van der Waals surface area contributed by atoms with E-state index in [9.17, 15) is 4.79 Å². The predicted molar refractivity (Wildman–Crippen MR) is 75.6 cm³/mol. The molecule has 0 N–H and O–H groups in total. The van der Waals surface area contributed by atoms with Gasteiger partial charge in [0.05, 0.1) is 13.7 Å². The van der Waals surface area contributed by atoms with Crippen molar-refractivity contribution in [1.29, 1.82) is 0 Å². The van der Waals surface area contributed by atoms with Crippen molar-refractivity contribution < 1.29 is 19.0 Å². The van der Waals surface area contributed by atoms with Crippen molar-refractivity contribution in [1.82, 2.24) is 0 Å². The lowest BCUT2D eigenvalue weighted by Gasteiger charge is -2.23. The van der Waals surface area contributed by atoms with E-state index >= 15 is 0 Å². The van der Waals surface area contributed by atoms with Gasteiger partial charge in [-0.1, -0.05) is 12.1 Å². The molecule has 2 rings (SSSR count). The van der Waals surface area contributed by atoms with Crippen molar-refractivity contribution in [3.8, 4) is 5.75 Å². The van der Waals surface area contributed by atoms with Gasteiger partial charge in [-0.2, -0.15) is 0 Å². The third-order valence-corrected chi connectivity index (χ3v) is 3.40. The van der Waals surface area contributed by atoms with Gasteiger partial charge in [0, 0.05) is 12.8 Å². The molecule has 0 aromatic heterocycles. The molecule has 1 aromatic carbocycles. The molecule has 1 fully saturated rings. The highest BCUT2D eigenvalue weighted by atomic mass is 16.7.